The summed E-state index contributed by atoms with van der Waals surface area (Å²) in [4.78, 5) is 12.0. The highest BCUT2D eigenvalue weighted by molar-refractivity contribution is 7.89. The quantitative estimate of drug-likeness (QED) is 0.825. The number of carbonyl (C=O) groups is 1. The molecule has 0 aliphatic rings. The second kappa shape index (κ2) is 7.70. The minimum absolute atomic E-state index is 0.0567. The number of carbonyl (C=O) groups excluding carboxylic acids is 1. The molecule has 0 aromatic heterocycles. The van der Waals surface area contributed by atoms with Crippen LogP contribution in [-0.4, -0.2) is 32.2 Å². The molecule has 0 aliphatic heterocycles. The Balaban J connectivity index is 2.13. The van der Waals surface area contributed by atoms with Crippen LogP contribution in [0, 0.1) is 12.7 Å². The first kappa shape index (κ1) is 19.7. The summed E-state index contributed by atoms with van der Waals surface area (Å²) in [6, 6.07) is 7.88. The lowest BCUT2D eigenvalue weighted by Gasteiger charge is -2.18. The Hall–Kier alpha value is -1.67. The molecule has 9 heteroatoms. The summed E-state index contributed by atoms with van der Waals surface area (Å²) in [6.07, 6.45) is 0. The predicted molar refractivity (Wildman–Crippen MR) is 96.0 cm³/mol. The third kappa shape index (κ3) is 4.70. The molecule has 0 radical (unpaired) electrons. The lowest BCUT2D eigenvalue weighted by atomic mass is 10.2. The van der Waals surface area contributed by atoms with Crippen LogP contribution in [0.15, 0.2) is 41.3 Å². The lowest BCUT2D eigenvalue weighted by Crippen LogP contribution is -2.35. The molecular weight excluding hydrogens is 390 g/mol. The SMILES string of the molecule is Cc1cc(F)ccc1S(=O)(=O)N(C)CC(=O)Nc1ccc(Cl)c(Cl)c1. The molecule has 0 saturated carbocycles. The van der Waals surface area contributed by atoms with Gasteiger partial charge in [-0.05, 0) is 48.9 Å². The van der Waals surface area contributed by atoms with Crippen molar-refractivity contribution in [1.82, 2.24) is 4.31 Å². The van der Waals surface area contributed by atoms with E-state index in [0.29, 0.717) is 10.7 Å². The van der Waals surface area contributed by atoms with Gasteiger partial charge in [-0.15, -0.1) is 0 Å². The third-order valence-corrected chi connectivity index (χ3v) is 6.10. The topological polar surface area (TPSA) is 66.5 Å². The van der Waals surface area contributed by atoms with Gasteiger partial charge in [-0.25, -0.2) is 12.8 Å². The minimum atomic E-state index is -3.93. The minimum Gasteiger partial charge on any atom is -0.325 e. The molecule has 0 saturated heterocycles. The lowest BCUT2D eigenvalue weighted by molar-refractivity contribution is -0.116. The van der Waals surface area contributed by atoms with E-state index in [1.54, 1.807) is 6.07 Å². The number of aryl methyl sites for hydroxylation is 1. The third-order valence-electron chi connectivity index (χ3n) is 3.39. The van der Waals surface area contributed by atoms with Crippen molar-refractivity contribution >= 4 is 44.8 Å². The molecule has 0 atom stereocenters. The normalized spacial score (nSPS) is 11.6. The van der Waals surface area contributed by atoms with Crippen molar-refractivity contribution in [3.05, 3.63) is 57.8 Å². The van der Waals surface area contributed by atoms with Crippen molar-refractivity contribution in [2.75, 3.05) is 18.9 Å². The molecule has 1 N–H and O–H groups in total. The van der Waals surface area contributed by atoms with Gasteiger partial charge in [0.15, 0.2) is 0 Å². The summed E-state index contributed by atoms with van der Waals surface area (Å²) in [6.45, 7) is 1.07. The summed E-state index contributed by atoms with van der Waals surface area (Å²) in [7, 11) is -2.66. The van der Waals surface area contributed by atoms with E-state index in [9.17, 15) is 17.6 Å². The summed E-state index contributed by atoms with van der Waals surface area (Å²) in [5.41, 5.74) is 0.653. The molecule has 0 unspecified atom stereocenters. The molecule has 0 fully saturated rings. The monoisotopic (exact) mass is 404 g/mol. The van der Waals surface area contributed by atoms with E-state index in [1.807, 2.05) is 0 Å². The van der Waals surface area contributed by atoms with Gasteiger partial charge in [-0.3, -0.25) is 4.79 Å². The number of nitrogens with one attached hydrogen (secondary N) is 1. The van der Waals surface area contributed by atoms with Crippen molar-refractivity contribution in [3.8, 4) is 0 Å². The highest BCUT2D eigenvalue weighted by atomic mass is 35.5. The summed E-state index contributed by atoms with van der Waals surface area (Å²) >= 11 is 11.7. The van der Waals surface area contributed by atoms with Crippen molar-refractivity contribution in [2.45, 2.75) is 11.8 Å². The van der Waals surface area contributed by atoms with Crippen LogP contribution < -0.4 is 5.32 Å². The van der Waals surface area contributed by atoms with E-state index in [0.717, 1.165) is 16.4 Å². The zero-order chi connectivity index (χ0) is 18.8. The van der Waals surface area contributed by atoms with Gasteiger partial charge >= 0.3 is 0 Å². The molecule has 5 nitrogen and oxygen atoms in total. The highest BCUT2D eigenvalue weighted by Crippen LogP contribution is 2.25. The second-order valence-electron chi connectivity index (χ2n) is 5.35. The van der Waals surface area contributed by atoms with E-state index < -0.39 is 28.3 Å². The average molecular weight is 405 g/mol. The first-order valence-electron chi connectivity index (χ1n) is 7.08. The van der Waals surface area contributed by atoms with Crippen LogP contribution in [0.5, 0.6) is 0 Å². The van der Waals surface area contributed by atoms with Gasteiger partial charge in [0, 0.05) is 12.7 Å². The number of amides is 1. The van der Waals surface area contributed by atoms with Crippen LogP contribution in [0.1, 0.15) is 5.56 Å². The van der Waals surface area contributed by atoms with Crippen LogP contribution in [0.3, 0.4) is 0 Å². The van der Waals surface area contributed by atoms with Crippen LogP contribution >= 0.6 is 23.2 Å². The number of halogens is 3. The Bertz CT molecular complexity index is 920. The van der Waals surface area contributed by atoms with E-state index >= 15 is 0 Å². The van der Waals surface area contributed by atoms with E-state index in [2.05, 4.69) is 5.32 Å². The van der Waals surface area contributed by atoms with E-state index in [-0.39, 0.29) is 15.5 Å². The van der Waals surface area contributed by atoms with Crippen molar-refractivity contribution in [3.63, 3.8) is 0 Å². The van der Waals surface area contributed by atoms with Gasteiger partial charge in [-0.2, -0.15) is 4.31 Å². The molecule has 2 rings (SSSR count). The fourth-order valence-electron chi connectivity index (χ4n) is 2.13. The van der Waals surface area contributed by atoms with Gasteiger partial charge in [0.05, 0.1) is 21.5 Å². The molecule has 0 aliphatic carbocycles. The van der Waals surface area contributed by atoms with Crippen LogP contribution in [0.4, 0.5) is 10.1 Å². The molecule has 0 bridgehead atoms. The number of hydrogen-bond donors (Lipinski definition) is 1. The molecule has 2 aromatic carbocycles. The van der Waals surface area contributed by atoms with E-state index in [4.69, 9.17) is 23.2 Å². The number of hydrogen-bond acceptors (Lipinski definition) is 3. The van der Waals surface area contributed by atoms with Gasteiger partial charge in [0.2, 0.25) is 15.9 Å². The van der Waals surface area contributed by atoms with Crippen molar-refractivity contribution in [2.24, 2.45) is 0 Å². The standard InChI is InChI=1S/C16H15Cl2FN2O3S/c1-10-7-11(19)3-6-15(10)25(23,24)21(2)9-16(22)20-12-4-5-13(17)14(18)8-12/h3-8H,9H2,1-2H3,(H,20,22). The number of anilines is 1. The number of likely N-dealkylation sites (N-methyl/N-ethyl adjacent to an activating group) is 1. The Morgan fingerprint density at radius 3 is 2.44 bits per heavy atom. The first-order valence-corrected chi connectivity index (χ1v) is 9.28. The molecule has 134 valence electrons. The number of nitrogens with zero attached hydrogens (tertiary/aromatic N) is 1. The maximum atomic E-state index is 13.2. The van der Waals surface area contributed by atoms with Gasteiger partial charge in [0.1, 0.15) is 5.82 Å². The second-order valence-corrected chi connectivity index (χ2v) is 8.18. The fourth-order valence-corrected chi connectivity index (χ4v) is 3.76. The van der Waals surface area contributed by atoms with Crippen LogP contribution in [-0.2, 0) is 14.8 Å². The average Bonchev–Trinajstić information content (AvgIpc) is 2.50. The zero-order valence-electron chi connectivity index (χ0n) is 13.4. The van der Waals surface area contributed by atoms with Crippen molar-refractivity contribution < 1.29 is 17.6 Å². The Kier molecular flexibility index (Phi) is 6.05. The maximum absolute atomic E-state index is 13.2. The number of rotatable bonds is 5. The van der Waals surface area contributed by atoms with Gasteiger partial charge < -0.3 is 5.32 Å². The van der Waals surface area contributed by atoms with Crippen LogP contribution in [0.25, 0.3) is 0 Å². The molecule has 2 aromatic rings. The maximum Gasteiger partial charge on any atom is 0.243 e. The van der Waals surface area contributed by atoms with Crippen molar-refractivity contribution in [1.29, 1.82) is 0 Å². The molecule has 0 spiro atoms. The summed E-state index contributed by atoms with van der Waals surface area (Å²) in [5, 5.41) is 3.15. The van der Waals surface area contributed by atoms with Gasteiger partial charge in [-0.1, -0.05) is 23.2 Å². The zero-order valence-corrected chi connectivity index (χ0v) is 15.7. The predicted octanol–water partition coefficient (Wildman–Crippen LogP) is 3.70. The molecule has 1 amide bonds. The number of sulfonamides is 1. The molecule has 0 heterocycles. The van der Waals surface area contributed by atoms with Crippen LogP contribution in [0.2, 0.25) is 10.0 Å². The van der Waals surface area contributed by atoms with Gasteiger partial charge in [0.25, 0.3) is 0 Å². The fraction of sp³-hybridized carbons (Fsp3) is 0.188. The first-order chi connectivity index (χ1) is 11.6. The smallest absolute Gasteiger partial charge is 0.243 e. The largest absolute Gasteiger partial charge is 0.325 e. The summed E-state index contributed by atoms with van der Waals surface area (Å²) in [5.74, 6) is -1.08. The van der Waals surface area contributed by atoms with E-state index in [1.165, 1.54) is 32.2 Å². The summed E-state index contributed by atoms with van der Waals surface area (Å²) < 4.78 is 39.1. The molecule has 25 heavy (non-hydrogen) atoms. The Morgan fingerprint density at radius 2 is 1.84 bits per heavy atom. The Labute approximate surface area is 155 Å². The molecular formula is C16H15Cl2FN2O3S. The Morgan fingerprint density at radius 1 is 1.16 bits per heavy atom. The highest BCUT2D eigenvalue weighted by Gasteiger charge is 2.25. The number of benzene rings is 2.